The van der Waals surface area contributed by atoms with Crippen molar-refractivity contribution in [3.63, 3.8) is 0 Å². The normalized spacial score (nSPS) is 11.7. The van der Waals surface area contributed by atoms with Crippen LogP contribution in [-0.2, 0) is 19.1 Å². The minimum Gasteiger partial charge on any atom is -0.465 e. The first-order valence-electron chi connectivity index (χ1n) is 9.24. The van der Waals surface area contributed by atoms with E-state index in [-0.39, 0.29) is 11.3 Å². The Hall–Kier alpha value is -2.88. The average molecular weight is 380 g/mol. The molecule has 0 atom stereocenters. The summed E-state index contributed by atoms with van der Waals surface area (Å²) in [5.41, 5.74) is 7.63. The second-order valence-electron chi connectivity index (χ2n) is 7.34. The first-order valence-corrected chi connectivity index (χ1v) is 9.24. The fourth-order valence-electron chi connectivity index (χ4n) is 3.89. The van der Waals surface area contributed by atoms with E-state index in [2.05, 4.69) is 0 Å². The highest BCUT2D eigenvalue weighted by Gasteiger charge is 2.27. The molecule has 2 rings (SSSR count). The van der Waals surface area contributed by atoms with E-state index in [0.29, 0.717) is 0 Å². The fourth-order valence-corrected chi connectivity index (χ4v) is 3.89. The maximum Gasteiger partial charge on any atom is 0.342 e. The maximum absolute atomic E-state index is 12.9. The molecule has 0 aliphatic heterocycles. The molecule has 2 aromatic rings. The van der Waals surface area contributed by atoms with Crippen LogP contribution in [0, 0.1) is 41.5 Å². The second-order valence-corrected chi connectivity index (χ2v) is 7.34. The van der Waals surface area contributed by atoms with E-state index in [1.54, 1.807) is 0 Å². The third-order valence-corrected chi connectivity index (χ3v) is 4.69. The zero-order chi connectivity index (χ0) is 21.2. The first-order chi connectivity index (χ1) is 13.1. The van der Waals surface area contributed by atoms with Gasteiger partial charge in [0.05, 0.1) is 7.11 Å². The summed E-state index contributed by atoms with van der Waals surface area (Å²) in [6.07, 6.45) is 0. The molecule has 0 aliphatic rings. The molecule has 0 saturated carbocycles. The van der Waals surface area contributed by atoms with Gasteiger partial charge in [-0.05, 0) is 69.4 Å². The van der Waals surface area contributed by atoms with Crippen LogP contribution in [0.15, 0.2) is 24.3 Å². The zero-order valence-corrected chi connectivity index (χ0v) is 17.9. The van der Waals surface area contributed by atoms with Gasteiger partial charge in [-0.3, -0.25) is 4.79 Å². The quantitative estimate of drug-likeness (QED) is 0.319. The van der Waals surface area contributed by atoms with Crippen LogP contribution < -0.4 is 0 Å². The topological polar surface area (TPSA) is 52.6 Å². The number of hydrogen-bond donors (Lipinski definition) is 0. The molecule has 4 heteroatoms. The van der Waals surface area contributed by atoms with E-state index < -0.39 is 11.9 Å². The predicted molar refractivity (Wildman–Crippen MR) is 112 cm³/mol. The highest BCUT2D eigenvalue weighted by atomic mass is 16.5. The Balaban J connectivity index is 3.02. The Morgan fingerprint density at radius 2 is 1.11 bits per heavy atom. The SMILES string of the molecule is COC(=O)/C(=C(\OC(C)=O)c1c(C)cc(C)cc1C)c1c(C)cc(C)cc1C. The van der Waals surface area contributed by atoms with Crippen LogP contribution in [-0.4, -0.2) is 19.0 Å². The second kappa shape index (κ2) is 8.42. The summed E-state index contributed by atoms with van der Waals surface area (Å²) in [5, 5.41) is 0. The van der Waals surface area contributed by atoms with Crippen LogP contribution in [0.25, 0.3) is 11.3 Å². The summed E-state index contributed by atoms with van der Waals surface area (Å²) in [4.78, 5) is 24.9. The Kier molecular flexibility index (Phi) is 6.45. The summed E-state index contributed by atoms with van der Waals surface area (Å²) in [7, 11) is 1.33. The molecule has 0 amide bonds. The summed E-state index contributed by atoms with van der Waals surface area (Å²) >= 11 is 0. The van der Waals surface area contributed by atoms with Crippen molar-refractivity contribution in [3.05, 3.63) is 68.8 Å². The third kappa shape index (κ3) is 4.33. The molecule has 0 heterocycles. The van der Waals surface area contributed by atoms with E-state index in [9.17, 15) is 9.59 Å². The molecular weight excluding hydrogens is 352 g/mol. The Morgan fingerprint density at radius 3 is 1.46 bits per heavy atom. The molecule has 28 heavy (non-hydrogen) atoms. The number of esters is 2. The number of aryl methyl sites for hydroxylation is 6. The fraction of sp³-hybridized carbons (Fsp3) is 0.333. The van der Waals surface area contributed by atoms with Crippen LogP contribution in [0.2, 0.25) is 0 Å². The van der Waals surface area contributed by atoms with E-state index in [1.165, 1.54) is 14.0 Å². The van der Waals surface area contributed by atoms with E-state index in [1.807, 2.05) is 65.8 Å². The first kappa shape index (κ1) is 21.4. The minimum absolute atomic E-state index is 0.240. The molecule has 0 radical (unpaired) electrons. The minimum atomic E-state index is -0.536. The lowest BCUT2D eigenvalue weighted by atomic mass is 9.89. The van der Waals surface area contributed by atoms with Crippen molar-refractivity contribution in [2.24, 2.45) is 0 Å². The van der Waals surface area contributed by atoms with Gasteiger partial charge in [-0.25, -0.2) is 4.79 Å². The summed E-state index contributed by atoms with van der Waals surface area (Å²) < 4.78 is 10.8. The lowest BCUT2D eigenvalue weighted by Crippen LogP contribution is -2.14. The van der Waals surface area contributed by atoms with Crippen molar-refractivity contribution in [2.45, 2.75) is 48.5 Å². The van der Waals surface area contributed by atoms with E-state index in [0.717, 1.165) is 44.5 Å². The molecule has 0 bridgehead atoms. The lowest BCUT2D eigenvalue weighted by molar-refractivity contribution is -0.134. The van der Waals surface area contributed by atoms with Crippen LogP contribution >= 0.6 is 0 Å². The van der Waals surface area contributed by atoms with Crippen molar-refractivity contribution in [2.75, 3.05) is 7.11 Å². The summed E-state index contributed by atoms with van der Waals surface area (Å²) in [5.74, 6) is -0.784. The standard InChI is InChI=1S/C24H28O4/c1-13-9-15(3)20(16(4)10-13)22(24(26)27-8)23(28-19(7)25)21-17(5)11-14(2)12-18(21)6/h9-12H,1-8H3/b23-22-. The smallest absolute Gasteiger partial charge is 0.342 e. The van der Waals surface area contributed by atoms with Gasteiger partial charge >= 0.3 is 11.9 Å². The monoisotopic (exact) mass is 380 g/mol. The van der Waals surface area contributed by atoms with Gasteiger partial charge < -0.3 is 9.47 Å². The largest absolute Gasteiger partial charge is 0.465 e. The highest BCUT2D eigenvalue weighted by molar-refractivity contribution is 6.25. The van der Waals surface area contributed by atoms with Crippen molar-refractivity contribution in [3.8, 4) is 0 Å². The third-order valence-electron chi connectivity index (χ3n) is 4.69. The Bertz CT molecular complexity index is 934. The maximum atomic E-state index is 12.9. The summed E-state index contributed by atoms with van der Waals surface area (Å²) in [6, 6.07) is 8.03. The molecule has 0 aromatic heterocycles. The molecule has 2 aromatic carbocycles. The predicted octanol–water partition coefficient (Wildman–Crippen LogP) is 5.14. The Morgan fingerprint density at radius 1 is 0.714 bits per heavy atom. The van der Waals surface area contributed by atoms with Crippen LogP contribution in [0.4, 0.5) is 0 Å². The number of carbonyl (C=O) groups is 2. The lowest BCUT2D eigenvalue weighted by Gasteiger charge is -2.20. The molecule has 0 saturated heterocycles. The van der Waals surface area contributed by atoms with Gasteiger partial charge in [0.2, 0.25) is 0 Å². The Labute approximate surface area is 167 Å². The average Bonchev–Trinajstić information content (AvgIpc) is 2.55. The van der Waals surface area contributed by atoms with Gasteiger partial charge in [0.15, 0.2) is 5.76 Å². The number of hydrogen-bond acceptors (Lipinski definition) is 4. The highest BCUT2D eigenvalue weighted by Crippen LogP contribution is 2.36. The van der Waals surface area contributed by atoms with E-state index >= 15 is 0 Å². The van der Waals surface area contributed by atoms with Crippen LogP contribution in [0.1, 0.15) is 51.4 Å². The number of carbonyl (C=O) groups excluding carboxylic acids is 2. The molecule has 148 valence electrons. The summed E-state index contributed by atoms with van der Waals surface area (Å²) in [6.45, 7) is 13.1. The van der Waals surface area contributed by atoms with Crippen LogP contribution in [0.3, 0.4) is 0 Å². The molecule has 0 unspecified atom stereocenters. The zero-order valence-electron chi connectivity index (χ0n) is 17.9. The number of ether oxygens (including phenoxy) is 2. The molecule has 0 aliphatic carbocycles. The molecular formula is C24H28O4. The van der Waals surface area contributed by atoms with Gasteiger partial charge in [-0.15, -0.1) is 0 Å². The van der Waals surface area contributed by atoms with Crippen molar-refractivity contribution < 1.29 is 19.1 Å². The van der Waals surface area contributed by atoms with Crippen LogP contribution in [0.5, 0.6) is 0 Å². The number of benzene rings is 2. The molecule has 0 fully saturated rings. The van der Waals surface area contributed by atoms with Gasteiger partial charge in [0, 0.05) is 12.5 Å². The van der Waals surface area contributed by atoms with Crippen molar-refractivity contribution in [1.29, 1.82) is 0 Å². The number of rotatable bonds is 4. The van der Waals surface area contributed by atoms with Gasteiger partial charge in [-0.1, -0.05) is 35.4 Å². The number of methoxy groups -OCH3 is 1. The molecule has 0 N–H and O–H groups in total. The van der Waals surface area contributed by atoms with E-state index in [4.69, 9.17) is 9.47 Å². The molecule has 0 spiro atoms. The molecule has 4 nitrogen and oxygen atoms in total. The van der Waals surface area contributed by atoms with Gasteiger partial charge in [0.25, 0.3) is 0 Å². The van der Waals surface area contributed by atoms with Crippen molar-refractivity contribution >= 4 is 23.3 Å². The van der Waals surface area contributed by atoms with Gasteiger partial charge in [0.1, 0.15) is 5.57 Å². The van der Waals surface area contributed by atoms with Crippen molar-refractivity contribution in [1.82, 2.24) is 0 Å². The van der Waals surface area contributed by atoms with Gasteiger partial charge in [-0.2, -0.15) is 0 Å².